The Kier molecular flexibility index (Phi) is 4.99. The van der Waals surface area contributed by atoms with Crippen molar-refractivity contribution in [1.82, 2.24) is 0 Å². The number of rotatable bonds is 6. The van der Waals surface area contributed by atoms with Crippen LogP contribution in [-0.2, 0) is 0 Å². The Morgan fingerprint density at radius 3 is 2.52 bits per heavy atom. The molecule has 0 fully saturated rings. The quantitative estimate of drug-likeness (QED) is 0.643. The molecule has 0 aromatic heterocycles. The first-order chi connectivity index (χ1) is 10.1. The third-order valence-corrected chi connectivity index (χ3v) is 3.32. The number of aryl methyl sites for hydroxylation is 1. The second-order valence-electron chi connectivity index (χ2n) is 5.20. The first-order valence-electron chi connectivity index (χ1n) is 7.23. The van der Waals surface area contributed by atoms with Crippen molar-refractivity contribution in [2.75, 3.05) is 5.73 Å². The minimum Gasteiger partial charge on any atom is -0.482 e. The monoisotopic (exact) mass is 283 g/mol. The molecule has 0 spiro atoms. The van der Waals surface area contributed by atoms with Crippen LogP contribution in [0.1, 0.15) is 35.7 Å². The van der Waals surface area contributed by atoms with Crippen molar-refractivity contribution in [2.24, 2.45) is 0 Å². The number of ketones is 1. The lowest BCUT2D eigenvalue weighted by Gasteiger charge is -2.18. The normalized spacial score (nSPS) is 11.9. The summed E-state index contributed by atoms with van der Waals surface area (Å²) >= 11 is 0. The van der Waals surface area contributed by atoms with Gasteiger partial charge in [0.15, 0.2) is 6.10 Å². The average molecular weight is 283 g/mol. The molecule has 21 heavy (non-hydrogen) atoms. The second-order valence-corrected chi connectivity index (χ2v) is 5.20. The van der Waals surface area contributed by atoms with Crippen molar-refractivity contribution in [3.8, 4) is 5.75 Å². The Labute approximate surface area is 125 Å². The van der Waals surface area contributed by atoms with Crippen LogP contribution >= 0.6 is 0 Å². The fourth-order valence-corrected chi connectivity index (χ4v) is 2.16. The van der Waals surface area contributed by atoms with Crippen LogP contribution in [0.5, 0.6) is 5.75 Å². The number of ether oxygens (including phenoxy) is 1. The zero-order valence-corrected chi connectivity index (χ0v) is 12.5. The van der Waals surface area contributed by atoms with Gasteiger partial charge in [0.25, 0.3) is 0 Å². The zero-order valence-electron chi connectivity index (χ0n) is 12.5. The van der Waals surface area contributed by atoms with Gasteiger partial charge in [0, 0.05) is 17.3 Å². The van der Waals surface area contributed by atoms with Gasteiger partial charge in [-0.25, -0.2) is 0 Å². The Morgan fingerprint density at radius 1 is 1.19 bits per heavy atom. The van der Waals surface area contributed by atoms with Crippen LogP contribution in [0.2, 0.25) is 0 Å². The van der Waals surface area contributed by atoms with Crippen LogP contribution in [0.15, 0.2) is 48.5 Å². The lowest BCUT2D eigenvalue weighted by Crippen LogP contribution is -2.27. The maximum absolute atomic E-state index is 12.6. The molecule has 0 amide bonds. The number of nitrogens with two attached hydrogens (primary N) is 1. The number of nitrogen functional groups attached to an aromatic ring is 1. The predicted molar refractivity (Wildman–Crippen MR) is 85.7 cm³/mol. The van der Waals surface area contributed by atoms with E-state index < -0.39 is 6.10 Å². The molecule has 0 heterocycles. The number of anilines is 1. The molecule has 0 aliphatic heterocycles. The molecule has 2 N–H and O–H groups in total. The lowest BCUT2D eigenvalue weighted by atomic mass is 10.0. The van der Waals surface area contributed by atoms with Gasteiger partial charge in [-0.3, -0.25) is 4.79 Å². The van der Waals surface area contributed by atoms with E-state index in [1.165, 1.54) is 0 Å². The highest BCUT2D eigenvalue weighted by atomic mass is 16.5. The van der Waals surface area contributed by atoms with Crippen LogP contribution in [0.25, 0.3) is 0 Å². The van der Waals surface area contributed by atoms with Crippen molar-refractivity contribution in [2.45, 2.75) is 32.8 Å². The van der Waals surface area contributed by atoms with E-state index in [2.05, 4.69) is 0 Å². The summed E-state index contributed by atoms with van der Waals surface area (Å²) in [4.78, 5) is 12.6. The van der Waals surface area contributed by atoms with Gasteiger partial charge in [-0.15, -0.1) is 0 Å². The highest BCUT2D eigenvalue weighted by Gasteiger charge is 2.21. The SMILES string of the molecule is CCCC(Oc1cccc(N)c1)C(=O)c1ccc(C)cc1. The molecule has 3 heteroatoms. The van der Waals surface area contributed by atoms with E-state index in [1.54, 1.807) is 12.1 Å². The van der Waals surface area contributed by atoms with Crippen molar-refractivity contribution < 1.29 is 9.53 Å². The minimum atomic E-state index is -0.473. The number of hydrogen-bond donors (Lipinski definition) is 1. The fraction of sp³-hybridized carbons (Fsp3) is 0.278. The summed E-state index contributed by atoms with van der Waals surface area (Å²) in [6, 6.07) is 14.8. The Morgan fingerprint density at radius 2 is 1.90 bits per heavy atom. The Balaban J connectivity index is 2.18. The van der Waals surface area contributed by atoms with Gasteiger partial charge in [0.2, 0.25) is 5.78 Å². The Hall–Kier alpha value is -2.29. The summed E-state index contributed by atoms with van der Waals surface area (Å²) < 4.78 is 5.85. The molecule has 0 aliphatic carbocycles. The highest BCUT2D eigenvalue weighted by molar-refractivity contribution is 5.99. The summed E-state index contributed by atoms with van der Waals surface area (Å²) in [6.45, 7) is 4.04. The summed E-state index contributed by atoms with van der Waals surface area (Å²) in [6.07, 6.45) is 1.09. The molecule has 0 aliphatic rings. The van der Waals surface area contributed by atoms with Gasteiger partial charge in [-0.2, -0.15) is 0 Å². The third-order valence-electron chi connectivity index (χ3n) is 3.32. The van der Waals surface area contributed by atoms with Crippen LogP contribution in [0, 0.1) is 6.92 Å². The van der Waals surface area contributed by atoms with Crippen LogP contribution in [-0.4, -0.2) is 11.9 Å². The molecule has 0 radical (unpaired) electrons. The average Bonchev–Trinajstić information content (AvgIpc) is 2.47. The molecule has 2 aromatic carbocycles. The topological polar surface area (TPSA) is 52.3 Å². The first kappa shape index (κ1) is 15.1. The van der Waals surface area contributed by atoms with E-state index in [1.807, 2.05) is 50.2 Å². The minimum absolute atomic E-state index is 0.0132. The first-order valence-corrected chi connectivity index (χ1v) is 7.23. The molecule has 0 bridgehead atoms. The summed E-state index contributed by atoms with van der Waals surface area (Å²) in [5.74, 6) is 0.646. The molecule has 3 nitrogen and oxygen atoms in total. The standard InChI is InChI=1S/C18H21NO2/c1-3-5-17(21-16-7-4-6-15(19)12-16)18(20)14-10-8-13(2)9-11-14/h4,6-12,17H,3,5,19H2,1-2H3. The zero-order chi connectivity index (χ0) is 15.2. The largest absolute Gasteiger partial charge is 0.482 e. The van der Waals surface area contributed by atoms with Crippen LogP contribution in [0.4, 0.5) is 5.69 Å². The lowest BCUT2D eigenvalue weighted by molar-refractivity contribution is 0.0777. The maximum atomic E-state index is 12.6. The molecule has 110 valence electrons. The van der Waals surface area contributed by atoms with E-state index >= 15 is 0 Å². The molecule has 1 atom stereocenters. The number of carbonyl (C=O) groups is 1. The molecule has 0 saturated heterocycles. The molecular formula is C18H21NO2. The fourth-order valence-electron chi connectivity index (χ4n) is 2.16. The Bertz CT molecular complexity index is 605. The van der Waals surface area contributed by atoms with E-state index in [0.29, 0.717) is 23.4 Å². The maximum Gasteiger partial charge on any atom is 0.203 e. The number of Topliss-reactive ketones (excluding diaryl/α,β-unsaturated/α-hetero) is 1. The molecule has 2 aromatic rings. The van der Waals surface area contributed by atoms with Gasteiger partial charge in [-0.05, 0) is 25.5 Å². The molecular weight excluding hydrogens is 262 g/mol. The van der Waals surface area contributed by atoms with Gasteiger partial charge >= 0.3 is 0 Å². The molecule has 1 unspecified atom stereocenters. The van der Waals surface area contributed by atoms with Gasteiger partial charge in [0.1, 0.15) is 5.75 Å². The summed E-state index contributed by atoms with van der Waals surface area (Å²) in [5, 5.41) is 0. The van der Waals surface area contributed by atoms with Crippen molar-refractivity contribution >= 4 is 11.5 Å². The van der Waals surface area contributed by atoms with Crippen LogP contribution in [0.3, 0.4) is 0 Å². The second kappa shape index (κ2) is 6.93. The van der Waals surface area contributed by atoms with Gasteiger partial charge in [-0.1, -0.05) is 49.2 Å². The van der Waals surface area contributed by atoms with Crippen LogP contribution < -0.4 is 10.5 Å². The molecule has 0 saturated carbocycles. The van der Waals surface area contributed by atoms with E-state index in [-0.39, 0.29) is 5.78 Å². The highest BCUT2D eigenvalue weighted by Crippen LogP contribution is 2.20. The predicted octanol–water partition coefficient (Wildman–Crippen LogP) is 4.01. The number of carbonyl (C=O) groups excluding carboxylic acids is 1. The summed E-state index contributed by atoms with van der Waals surface area (Å²) in [7, 11) is 0. The van der Waals surface area contributed by atoms with Gasteiger partial charge < -0.3 is 10.5 Å². The van der Waals surface area contributed by atoms with Crippen molar-refractivity contribution in [1.29, 1.82) is 0 Å². The molecule has 2 rings (SSSR count). The number of benzene rings is 2. The smallest absolute Gasteiger partial charge is 0.203 e. The van der Waals surface area contributed by atoms with Crippen molar-refractivity contribution in [3.05, 3.63) is 59.7 Å². The van der Waals surface area contributed by atoms with E-state index in [9.17, 15) is 4.79 Å². The summed E-state index contributed by atoms with van der Waals surface area (Å²) in [5.41, 5.74) is 8.20. The van der Waals surface area contributed by atoms with E-state index in [0.717, 1.165) is 12.0 Å². The number of hydrogen-bond acceptors (Lipinski definition) is 3. The third kappa shape index (κ3) is 4.09. The van der Waals surface area contributed by atoms with E-state index in [4.69, 9.17) is 10.5 Å². The van der Waals surface area contributed by atoms with Gasteiger partial charge in [0.05, 0.1) is 0 Å². The van der Waals surface area contributed by atoms with Crippen molar-refractivity contribution in [3.63, 3.8) is 0 Å².